The molecule has 0 aliphatic heterocycles. The first-order valence-electron chi connectivity index (χ1n) is 7.60. The monoisotopic (exact) mass is 308 g/mol. The van der Waals surface area contributed by atoms with Gasteiger partial charge in [0.05, 0.1) is 11.4 Å². The van der Waals surface area contributed by atoms with Crippen molar-refractivity contribution in [3.05, 3.63) is 70.6 Å². The first kappa shape index (κ1) is 16.5. The van der Waals surface area contributed by atoms with Crippen molar-refractivity contribution in [1.29, 1.82) is 0 Å². The van der Waals surface area contributed by atoms with Crippen LogP contribution in [0.4, 0.5) is 0 Å². The number of nitrogens with one attached hydrogen (secondary N) is 1. The summed E-state index contributed by atoms with van der Waals surface area (Å²) in [6, 6.07) is 16.6. The maximum absolute atomic E-state index is 11.8. The van der Waals surface area contributed by atoms with Crippen molar-refractivity contribution in [1.82, 2.24) is 9.97 Å². The lowest BCUT2D eigenvalue weighted by Crippen LogP contribution is -2.11. The highest BCUT2D eigenvalue weighted by molar-refractivity contribution is 5.68. The van der Waals surface area contributed by atoms with Crippen molar-refractivity contribution in [3.63, 3.8) is 0 Å². The molecule has 3 aromatic rings. The number of aromatic amines is 1. The molecular weight excluding hydrogens is 288 g/mol. The second kappa shape index (κ2) is 7.40. The van der Waals surface area contributed by atoms with E-state index in [9.17, 15) is 9.90 Å². The SMILES string of the molecule is CC.Cc1cc(-c2cc(-c3ccccc3)[nH]c(=O)n2)ccc1O. The molecule has 0 amide bonds. The van der Waals surface area contributed by atoms with Gasteiger partial charge < -0.3 is 10.1 Å². The van der Waals surface area contributed by atoms with Crippen LogP contribution in [0.1, 0.15) is 19.4 Å². The summed E-state index contributed by atoms with van der Waals surface area (Å²) in [5.41, 5.74) is 3.38. The van der Waals surface area contributed by atoms with E-state index in [-0.39, 0.29) is 5.75 Å². The molecule has 0 saturated heterocycles. The third-order valence-corrected chi connectivity index (χ3v) is 3.32. The van der Waals surface area contributed by atoms with Crippen LogP contribution < -0.4 is 5.69 Å². The van der Waals surface area contributed by atoms with Crippen molar-refractivity contribution >= 4 is 0 Å². The molecule has 0 fully saturated rings. The Balaban J connectivity index is 0.000000924. The number of nitrogens with zero attached hydrogens (tertiary/aromatic N) is 1. The number of aromatic nitrogens is 2. The minimum Gasteiger partial charge on any atom is -0.508 e. The van der Waals surface area contributed by atoms with Crippen molar-refractivity contribution < 1.29 is 5.11 Å². The van der Waals surface area contributed by atoms with Crippen LogP contribution in [0.2, 0.25) is 0 Å². The van der Waals surface area contributed by atoms with Crippen LogP contribution >= 0.6 is 0 Å². The van der Waals surface area contributed by atoms with Gasteiger partial charge in [0.15, 0.2) is 0 Å². The summed E-state index contributed by atoms with van der Waals surface area (Å²) in [7, 11) is 0. The van der Waals surface area contributed by atoms with Crippen molar-refractivity contribution in [2.24, 2.45) is 0 Å². The number of benzene rings is 2. The second-order valence-corrected chi connectivity index (χ2v) is 4.85. The first-order chi connectivity index (χ1) is 11.1. The zero-order valence-electron chi connectivity index (χ0n) is 13.5. The molecule has 4 heteroatoms. The molecule has 0 aliphatic rings. The molecule has 1 aromatic heterocycles. The third kappa shape index (κ3) is 3.86. The Morgan fingerprint density at radius 2 is 1.65 bits per heavy atom. The Morgan fingerprint density at radius 3 is 2.30 bits per heavy atom. The van der Waals surface area contributed by atoms with E-state index >= 15 is 0 Å². The molecule has 0 atom stereocenters. The molecule has 0 radical (unpaired) electrons. The maximum Gasteiger partial charge on any atom is 0.345 e. The van der Waals surface area contributed by atoms with Crippen molar-refractivity contribution in [3.8, 4) is 28.3 Å². The molecular formula is C19H20N2O2. The fourth-order valence-corrected chi connectivity index (χ4v) is 2.19. The van der Waals surface area contributed by atoms with E-state index in [2.05, 4.69) is 9.97 Å². The number of aromatic hydroxyl groups is 1. The van der Waals surface area contributed by atoms with E-state index in [1.807, 2.05) is 63.2 Å². The summed E-state index contributed by atoms with van der Waals surface area (Å²) >= 11 is 0. The Kier molecular flexibility index (Phi) is 5.31. The molecule has 2 N–H and O–H groups in total. The summed E-state index contributed by atoms with van der Waals surface area (Å²) in [5, 5.41) is 9.59. The molecule has 118 valence electrons. The minimum absolute atomic E-state index is 0.229. The van der Waals surface area contributed by atoms with Gasteiger partial charge in [-0.1, -0.05) is 44.2 Å². The molecule has 0 aliphatic carbocycles. The van der Waals surface area contributed by atoms with Gasteiger partial charge in [-0.2, -0.15) is 4.98 Å². The Hall–Kier alpha value is -2.88. The summed E-state index contributed by atoms with van der Waals surface area (Å²) in [5.74, 6) is 0.229. The summed E-state index contributed by atoms with van der Waals surface area (Å²) < 4.78 is 0. The predicted molar refractivity (Wildman–Crippen MR) is 93.5 cm³/mol. The van der Waals surface area contributed by atoms with Crippen LogP contribution in [0.15, 0.2) is 59.4 Å². The molecule has 3 rings (SSSR count). The highest BCUT2D eigenvalue weighted by Gasteiger charge is 2.07. The highest BCUT2D eigenvalue weighted by Crippen LogP contribution is 2.25. The lowest BCUT2D eigenvalue weighted by atomic mass is 10.1. The molecule has 0 unspecified atom stereocenters. The van der Waals surface area contributed by atoms with Crippen LogP contribution in [0, 0.1) is 6.92 Å². The van der Waals surface area contributed by atoms with E-state index < -0.39 is 5.69 Å². The van der Waals surface area contributed by atoms with Gasteiger partial charge in [0, 0.05) is 5.56 Å². The number of phenols is 1. The fraction of sp³-hybridized carbons (Fsp3) is 0.158. The van der Waals surface area contributed by atoms with Gasteiger partial charge in [-0.3, -0.25) is 0 Å². The van der Waals surface area contributed by atoms with E-state index in [1.54, 1.807) is 12.1 Å². The zero-order chi connectivity index (χ0) is 16.8. The molecule has 1 heterocycles. The highest BCUT2D eigenvalue weighted by atomic mass is 16.3. The molecule has 0 saturated carbocycles. The van der Waals surface area contributed by atoms with Crippen LogP contribution in [0.3, 0.4) is 0 Å². The van der Waals surface area contributed by atoms with Crippen LogP contribution in [-0.2, 0) is 0 Å². The van der Waals surface area contributed by atoms with Gasteiger partial charge in [-0.05, 0) is 42.3 Å². The lowest BCUT2D eigenvalue weighted by Gasteiger charge is -2.06. The van der Waals surface area contributed by atoms with Gasteiger partial charge in [-0.15, -0.1) is 0 Å². The smallest absolute Gasteiger partial charge is 0.345 e. The Labute approximate surface area is 135 Å². The van der Waals surface area contributed by atoms with E-state index in [0.29, 0.717) is 5.69 Å². The number of hydrogen-bond acceptors (Lipinski definition) is 3. The van der Waals surface area contributed by atoms with Crippen LogP contribution in [0.25, 0.3) is 22.5 Å². The van der Waals surface area contributed by atoms with Crippen LogP contribution in [-0.4, -0.2) is 15.1 Å². The topological polar surface area (TPSA) is 66.0 Å². The van der Waals surface area contributed by atoms with Crippen LogP contribution in [0.5, 0.6) is 5.75 Å². The number of H-pyrrole nitrogens is 1. The van der Waals surface area contributed by atoms with E-state index in [4.69, 9.17) is 0 Å². The average molecular weight is 308 g/mol. The summed E-state index contributed by atoms with van der Waals surface area (Å²) in [6.07, 6.45) is 0. The number of aryl methyl sites for hydroxylation is 1. The van der Waals surface area contributed by atoms with E-state index in [1.165, 1.54) is 0 Å². The van der Waals surface area contributed by atoms with Gasteiger partial charge in [0.2, 0.25) is 0 Å². The number of hydrogen-bond donors (Lipinski definition) is 2. The number of phenolic OH excluding ortho intramolecular Hbond substituents is 1. The summed E-state index contributed by atoms with van der Waals surface area (Å²) in [6.45, 7) is 5.81. The zero-order valence-corrected chi connectivity index (χ0v) is 13.5. The third-order valence-electron chi connectivity index (χ3n) is 3.32. The summed E-state index contributed by atoms with van der Waals surface area (Å²) in [4.78, 5) is 18.5. The van der Waals surface area contributed by atoms with Gasteiger partial charge in [0.1, 0.15) is 5.75 Å². The lowest BCUT2D eigenvalue weighted by molar-refractivity contribution is 0.471. The molecule has 2 aromatic carbocycles. The second-order valence-electron chi connectivity index (χ2n) is 4.85. The molecule has 0 bridgehead atoms. The Bertz CT molecular complexity index is 839. The van der Waals surface area contributed by atoms with Crippen molar-refractivity contribution in [2.45, 2.75) is 20.8 Å². The average Bonchev–Trinajstić information content (AvgIpc) is 2.59. The molecule has 0 spiro atoms. The maximum atomic E-state index is 11.8. The van der Waals surface area contributed by atoms with Gasteiger partial charge in [0.25, 0.3) is 0 Å². The molecule has 4 nitrogen and oxygen atoms in total. The standard InChI is InChI=1S/C17H14N2O2.C2H6/c1-11-9-13(7-8-16(11)20)15-10-14(18-17(21)19-15)12-5-3-2-4-6-12;1-2/h2-10,20H,1H3,(H,18,19,21);1-2H3. The fourth-order valence-electron chi connectivity index (χ4n) is 2.19. The van der Waals surface area contributed by atoms with Crippen molar-refractivity contribution in [2.75, 3.05) is 0 Å². The number of rotatable bonds is 2. The van der Waals surface area contributed by atoms with E-state index in [0.717, 1.165) is 22.4 Å². The van der Waals surface area contributed by atoms with Gasteiger partial charge >= 0.3 is 5.69 Å². The normalized spacial score (nSPS) is 9.87. The largest absolute Gasteiger partial charge is 0.508 e. The van der Waals surface area contributed by atoms with Gasteiger partial charge in [-0.25, -0.2) is 4.79 Å². The quantitative estimate of drug-likeness (QED) is 0.747. The first-order valence-corrected chi connectivity index (χ1v) is 7.60. The molecule has 23 heavy (non-hydrogen) atoms. The predicted octanol–water partition coefficient (Wildman–Crippen LogP) is 4.14. The minimum atomic E-state index is -0.392. The Morgan fingerprint density at radius 1 is 0.957 bits per heavy atom.